The Hall–Kier alpha value is -3.33. The van der Waals surface area contributed by atoms with Crippen molar-refractivity contribution in [1.82, 2.24) is 24.8 Å². The van der Waals surface area contributed by atoms with Crippen molar-refractivity contribution in [3.05, 3.63) is 41.7 Å². The van der Waals surface area contributed by atoms with Crippen molar-refractivity contribution in [1.29, 1.82) is 0 Å². The number of cyclic esters (lactones) is 1. The van der Waals surface area contributed by atoms with Gasteiger partial charge in [0.2, 0.25) is 0 Å². The minimum Gasteiger partial charge on any atom is -0.459 e. The van der Waals surface area contributed by atoms with E-state index >= 15 is 0 Å². The van der Waals surface area contributed by atoms with Gasteiger partial charge in [-0.3, -0.25) is 9.59 Å². The molecule has 4 aliphatic rings. The topological polar surface area (TPSA) is 250 Å². The second kappa shape index (κ2) is 26.5. The summed E-state index contributed by atoms with van der Waals surface area (Å²) in [5, 5.41) is 68.6. The third-order valence-corrected chi connectivity index (χ3v) is 17.0. The fourth-order valence-corrected chi connectivity index (χ4v) is 12.1. The van der Waals surface area contributed by atoms with E-state index in [1.807, 2.05) is 62.0 Å². The van der Waals surface area contributed by atoms with Crippen LogP contribution in [-0.2, 0) is 53.9 Å². The lowest BCUT2D eigenvalue weighted by Gasteiger charge is -2.49. The van der Waals surface area contributed by atoms with Crippen molar-refractivity contribution in [2.75, 3.05) is 72.7 Å². The Labute approximate surface area is 454 Å². The summed E-state index contributed by atoms with van der Waals surface area (Å²) in [5.74, 6) is -3.05. The average molecular weight is 1100 g/mol. The number of ether oxygens (including phenoxy) is 8. The van der Waals surface area contributed by atoms with Crippen LogP contribution < -0.4 is 4.90 Å². The molecule has 5 N–H and O–H groups in total. The number of rotatable bonds is 16. The summed E-state index contributed by atoms with van der Waals surface area (Å²) in [6, 6.07) is 5.28. The maximum atomic E-state index is 14.9. The molecule has 1 amide bonds. The molecular weight excluding hydrogens is 1000 g/mol. The van der Waals surface area contributed by atoms with E-state index in [4.69, 9.17) is 37.9 Å². The molecule has 438 valence electrons. The van der Waals surface area contributed by atoms with Gasteiger partial charge in [0, 0.05) is 76.6 Å². The number of morpholine rings is 1. The molecule has 2 aromatic rings. The number of hydrogen-bond acceptors (Lipinski definition) is 19. The molecule has 1 aromatic carbocycles. The quantitative estimate of drug-likeness (QED) is 0.151. The van der Waals surface area contributed by atoms with Gasteiger partial charge in [-0.2, -0.15) is 0 Å². The number of carbonyl (C=O) groups excluding carboxylic acids is 2. The minimum atomic E-state index is -1.86. The largest absolute Gasteiger partial charge is 0.459 e. The van der Waals surface area contributed by atoms with E-state index in [9.17, 15) is 39.5 Å². The van der Waals surface area contributed by atoms with Crippen molar-refractivity contribution in [3.63, 3.8) is 0 Å². The van der Waals surface area contributed by atoms with Crippen molar-refractivity contribution < 1.29 is 77.4 Å². The number of amides is 1. The number of anilines is 1. The second-order valence-electron chi connectivity index (χ2n) is 23.2. The van der Waals surface area contributed by atoms with E-state index in [1.54, 1.807) is 59.6 Å². The summed E-state index contributed by atoms with van der Waals surface area (Å²) in [4.78, 5) is 32.5. The molecule has 0 bridgehead atoms. The first kappa shape index (κ1) is 62.9. The van der Waals surface area contributed by atoms with E-state index in [-0.39, 0.29) is 37.7 Å². The predicted molar refractivity (Wildman–Crippen MR) is 281 cm³/mol. The van der Waals surface area contributed by atoms with Crippen molar-refractivity contribution in [2.24, 2.45) is 17.8 Å². The summed E-state index contributed by atoms with van der Waals surface area (Å²) in [6.07, 6.45) is -8.25. The predicted octanol–water partition coefficient (Wildman–Crippen LogP) is 3.37. The molecule has 20 atom stereocenters. The average Bonchev–Trinajstić information content (AvgIpc) is 3.86. The van der Waals surface area contributed by atoms with E-state index in [0.717, 1.165) is 0 Å². The number of aliphatic hydroxyl groups is 5. The zero-order valence-corrected chi connectivity index (χ0v) is 47.9. The van der Waals surface area contributed by atoms with Crippen LogP contribution in [0.25, 0.3) is 0 Å². The van der Waals surface area contributed by atoms with Gasteiger partial charge in [0.1, 0.15) is 55.4 Å². The number of halogens is 1. The Bertz CT molecular complexity index is 2190. The van der Waals surface area contributed by atoms with E-state index < -0.39 is 127 Å². The Morgan fingerprint density at radius 3 is 2.27 bits per heavy atom. The molecule has 1 aromatic heterocycles. The van der Waals surface area contributed by atoms with E-state index in [1.165, 1.54) is 25.8 Å². The van der Waals surface area contributed by atoms with Gasteiger partial charge in [-0.15, -0.1) is 5.10 Å². The molecule has 4 aliphatic heterocycles. The number of likely N-dealkylation sites (N-methyl/N-ethyl adjacent to an activating group) is 2. The second-order valence-corrected chi connectivity index (χ2v) is 23.2. The molecule has 6 rings (SSSR count). The van der Waals surface area contributed by atoms with Crippen LogP contribution in [0.4, 0.5) is 10.1 Å². The monoisotopic (exact) mass is 1090 g/mol. The van der Waals surface area contributed by atoms with Gasteiger partial charge in [0.15, 0.2) is 12.6 Å². The third-order valence-electron chi connectivity index (χ3n) is 17.0. The molecule has 5 heterocycles. The van der Waals surface area contributed by atoms with Crippen LogP contribution in [0.1, 0.15) is 118 Å². The fraction of sp³-hybridized carbons (Fsp3) is 0.818. The van der Waals surface area contributed by atoms with Crippen molar-refractivity contribution in [3.8, 4) is 0 Å². The van der Waals surface area contributed by atoms with Crippen LogP contribution in [0, 0.1) is 17.8 Å². The minimum absolute atomic E-state index is 0.0166. The Morgan fingerprint density at radius 1 is 0.961 bits per heavy atom. The normalized spacial score (nSPS) is 39.4. The van der Waals surface area contributed by atoms with Crippen LogP contribution in [0.5, 0.6) is 0 Å². The number of methoxy groups -OCH3 is 2. The highest BCUT2D eigenvalue weighted by Crippen LogP contribution is 2.41. The molecule has 22 heteroatoms. The van der Waals surface area contributed by atoms with Crippen LogP contribution in [0.3, 0.4) is 0 Å². The number of carbonyl (C=O) groups is 2. The summed E-state index contributed by atoms with van der Waals surface area (Å²) >= 11 is 0. The maximum absolute atomic E-state index is 14.9. The summed E-state index contributed by atoms with van der Waals surface area (Å²) in [5.41, 5.74) is -2.62. The lowest BCUT2D eigenvalue weighted by atomic mass is 9.77. The highest BCUT2D eigenvalue weighted by molar-refractivity contribution is 5.94. The summed E-state index contributed by atoms with van der Waals surface area (Å²) in [6.45, 7) is 18.3. The zero-order valence-electron chi connectivity index (χ0n) is 47.9. The van der Waals surface area contributed by atoms with Crippen LogP contribution in [-0.4, -0.2) is 220 Å². The maximum Gasteiger partial charge on any atom is 0.311 e. The molecule has 77 heavy (non-hydrogen) atoms. The van der Waals surface area contributed by atoms with E-state index in [2.05, 4.69) is 10.3 Å². The molecule has 0 radical (unpaired) electrons. The number of esters is 1. The molecule has 0 spiro atoms. The number of aliphatic hydroxyl groups excluding tert-OH is 3. The first-order valence-corrected chi connectivity index (χ1v) is 27.5. The number of hydrogen-bond donors (Lipinski definition) is 5. The third kappa shape index (κ3) is 14.4. The molecule has 0 aliphatic carbocycles. The standard InChI is InChI=1S/C55H91FN6O15/c1-15-42-55(10,69)48(65)35(6)60(12)28-31(2)25-53(8,68)50(33(4)46(34(5)51(67)75-42)76-44-26-54(9,71-14)49(66)36(7)74-44)77-52-45(64)40(24-32(3)73-52)59(11)21-20-38-29-62(58-57-38)41(27-56)47(70-13)37-16-18-39(19-17-37)61-22-23-72-30-43(61)63/h16-19,29,31-36,40-42,44-50,52,64-66,68-69H,15,20-28,30H2,1-14H3/t31-,32-,33+,34-,35-,36+,40+,41-,42-,44+,45-,46+,47-,48-,49+,50-,52+,53-,54-,55-/m1/s1. The molecule has 4 saturated heterocycles. The SMILES string of the molecule is CC[C@H]1OC(=O)[C@H](C)[C@@H](O[C@H]2C[C@@](C)(OC)[C@@H](O)[C@H](C)O2)[C@H](C)[C@@H](O[C@@H]2O[C@H](C)C[C@H](N(C)CCc3cn([C@H](CF)[C@H](OC)c4ccc(N5CCOCC5=O)cc4)nn3)[C@H]2O)[C@](C)(O)C[C@@H](C)CN(C)[C@H](C)[C@@H](O)[C@]1(C)O. The van der Waals surface area contributed by atoms with Crippen molar-refractivity contribution in [2.45, 2.75) is 204 Å². The van der Waals surface area contributed by atoms with Crippen LogP contribution >= 0.6 is 0 Å². The Morgan fingerprint density at radius 2 is 1.65 bits per heavy atom. The van der Waals surface area contributed by atoms with Crippen LogP contribution in [0.2, 0.25) is 0 Å². The van der Waals surface area contributed by atoms with Gasteiger partial charge in [-0.1, -0.05) is 38.1 Å². The van der Waals surface area contributed by atoms with Crippen LogP contribution in [0.15, 0.2) is 30.5 Å². The molecule has 0 saturated carbocycles. The first-order valence-electron chi connectivity index (χ1n) is 27.5. The number of aromatic nitrogens is 3. The Balaban J connectivity index is 1.25. The lowest BCUT2D eigenvalue weighted by Crippen LogP contribution is -2.61. The molecule has 21 nitrogen and oxygen atoms in total. The lowest BCUT2D eigenvalue weighted by molar-refractivity contribution is -0.318. The molecular formula is C55H91FN6O15. The fourth-order valence-electron chi connectivity index (χ4n) is 12.1. The molecule has 0 unspecified atom stereocenters. The first-order chi connectivity index (χ1) is 36.2. The number of nitrogens with zero attached hydrogens (tertiary/aromatic N) is 6. The van der Waals surface area contributed by atoms with Gasteiger partial charge in [-0.05, 0) is 105 Å². The molecule has 4 fully saturated rings. The van der Waals surface area contributed by atoms with Gasteiger partial charge >= 0.3 is 5.97 Å². The highest BCUT2D eigenvalue weighted by Gasteiger charge is 2.53. The van der Waals surface area contributed by atoms with Gasteiger partial charge in [-0.25, -0.2) is 9.07 Å². The summed E-state index contributed by atoms with van der Waals surface area (Å²) < 4.78 is 65.8. The van der Waals surface area contributed by atoms with E-state index in [0.29, 0.717) is 56.0 Å². The number of alkyl halides is 1. The van der Waals surface area contributed by atoms with Gasteiger partial charge < -0.3 is 78.1 Å². The van der Waals surface area contributed by atoms with Crippen molar-refractivity contribution >= 4 is 17.6 Å². The summed E-state index contributed by atoms with van der Waals surface area (Å²) in [7, 11) is 6.69. The smallest absolute Gasteiger partial charge is 0.311 e. The number of benzene rings is 1. The van der Waals surface area contributed by atoms with Gasteiger partial charge in [0.25, 0.3) is 5.91 Å². The Kier molecular flexibility index (Phi) is 21.6. The zero-order chi connectivity index (χ0) is 56.9. The highest BCUT2D eigenvalue weighted by atomic mass is 19.1. The van der Waals surface area contributed by atoms with Gasteiger partial charge in [0.05, 0.1) is 53.8 Å².